The minimum atomic E-state index is -0.266. The monoisotopic (exact) mass is 565 g/mol. The normalized spacial score (nSPS) is 21.4. The van der Waals surface area contributed by atoms with Crippen LogP contribution < -0.4 is 9.64 Å². The van der Waals surface area contributed by atoms with E-state index in [1.165, 1.54) is 6.08 Å². The molecule has 1 aromatic heterocycles. The molecule has 5 rings (SSSR count). The number of aryl methyl sites for hydroxylation is 1. The quantitative estimate of drug-likeness (QED) is 0.482. The number of halogens is 1. The number of likely N-dealkylation sites (tertiary alicyclic amines) is 1. The van der Waals surface area contributed by atoms with Crippen molar-refractivity contribution >= 4 is 23.3 Å². The number of rotatable bonds is 8. The third-order valence-electron chi connectivity index (χ3n) is 8.21. The number of carbonyl (C=O) groups excluding carboxylic acids is 1. The molecule has 4 heterocycles. The maximum atomic E-state index is 12.5. The Bertz CT molecular complexity index is 1330. The molecule has 11 heteroatoms. The molecule has 0 saturated carbocycles. The number of nitriles is 1. The SMILES string of the molecule is C=CC(=O)N1CCN(c2nc(OC[C@@H]3CCCN3C)nc3c2CN(Cc2cc(O)c(C)cc2Cl)C3)C[C@@H]1CC#N. The molecule has 2 saturated heterocycles. The van der Waals surface area contributed by atoms with Crippen molar-refractivity contribution in [3.8, 4) is 17.8 Å². The van der Waals surface area contributed by atoms with Gasteiger partial charge in [-0.3, -0.25) is 9.69 Å². The smallest absolute Gasteiger partial charge is 0.318 e. The van der Waals surface area contributed by atoms with E-state index in [1.54, 1.807) is 17.0 Å². The number of phenols is 1. The molecule has 3 aliphatic heterocycles. The van der Waals surface area contributed by atoms with Crippen LogP contribution in [0.1, 0.15) is 41.6 Å². The van der Waals surface area contributed by atoms with Gasteiger partial charge in [0.2, 0.25) is 5.91 Å². The number of anilines is 1. The van der Waals surface area contributed by atoms with Gasteiger partial charge in [0.05, 0.1) is 24.2 Å². The number of phenolic OH excluding ortho intramolecular Hbond substituents is 1. The van der Waals surface area contributed by atoms with E-state index < -0.39 is 0 Å². The Morgan fingerprint density at radius 3 is 2.83 bits per heavy atom. The van der Waals surface area contributed by atoms with Crippen LogP contribution in [0.5, 0.6) is 11.8 Å². The number of carbonyl (C=O) groups is 1. The van der Waals surface area contributed by atoms with Gasteiger partial charge < -0.3 is 24.5 Å². The number of ether oxygens (including phenoxy) is 1. The highest BCUT2D eigenvalue weighted by molar-refractivity contribution is 6.31. The summed E-state index contributed by atoms with van der Waals surface area (Å²) in [4.78, 5) is 30.6. The van der Waals surface area contributed by atoms with Crippen molar-refractivity contribution in [2.24, 2.45) is 0 Å². The molecule has 0 aliphatic carbocycles. The summed E-state index contributed by atoms with van der Waals surface area (Å²) in [7, 11) is 2.11. The van der Waals surface area contributed by atoms with Gasteiger partial charge in [0.25, 0.3) is 0 Å². The zero-order chi connectivity index (χ0) is 28.4. The molecule has 1 N–H and O–H groups in total. The summed E-state index contributed by atoms with van der Waals surface area (Å²) in [6.45, 7) is 10.3. The Balaban J connectivity index is 1.42. The molecule has 212 valence electrons. The van der Waals surface area contributed by atoms with Gasteiger partial charge in [0.15, 0.2) is 0 Å². The second-order valence-corrected chi connectivity index (χ2v) is 11.3. The Morgan fingerprint density at radius 1 is 1.27 bits per heavy atom. The number of nitrogens with zero attached hydrogens (tertiary/aromatic N) is 7. The zero-order valence-corrected chi connectivity index (χ0v) is 23.9. The first-order valence-corrected chi connectivity index (χ1v) is 14.1. The van der Waals surface area contributed by atoms with Crippen LogP contribution in [0.15, 0.2) is 24.8 Å². The van der Waals surface area contributed by atoms with Crippen LogP contribution in [0.4, 0.5) is 5.82 Å². The highest BCUT2D eigenvalue weighted by Crippen LogP contribution is 2.35. The van der Waals surface area contributed by atoms with Crippen molar-refractivity contribution in [1.29, 1.82) is 5.26 Å². The van der Waals surface area contributed by atoms with E-state index in [4.69, 9.17) is 26.3 Å². The first kappa shape index (κ1) is 28.1. The standard InChI is InChI=1S/C29H36ClN7O3/c1-4-27(39)37-11-10-36(15-21(37)7-8-31)28-23-16-35(14-20-13-26(38)19(2)12-24(20)30)17-25(23)32-29(33-28)40-18-22-6-5-9-34(22)3/h4,12-13,21-22,38H,1,5-7,9-11,14-18H2,2-3H3/t21-,22-/m0/s1. The van der Waals surface area contributed by atoms with Crippen LogP contribution in [0.25, 0.3) is 0 Å². The Hall–Kier alpha value is -3.39. The molecule has 0 unspecified atom stereocenters. The van der Waals surface area contributed by atoms with Gasteiger partial charge in [-0.15, -0.1) is 0 Å². The first-order chi connectivity index (χ1) is 19.3. The van der Waals surface area contributed by atoms with Gasteiger partial charge >= 0.3 is 6.01 Å². The zero-order valence-electron chi connectivity index (χ0n) is 23.1. The molecule has 0 spiro atoms. The van der Waals surface area contributed by atoms with E-state index >= 15 is 0 Å². The first-order valence-electron chi connectivity index (χ1n) is 13.8. The number of amides is 1. The van der Waals surface area contributed by atoms with Crippen LogP contribution in [0.2, 0.25) is 5.02 Å². The van der Waals surface area contributed by atoms with E-state index in [1.807, 2.05) is 6.92 Å². The van der Waals surface area contributed by atoms with E-state index in [-0.39, 0.29) is 24.1 Å². The van der Waals surface area contributed by atoms with Gasteiger partial charge in [-0.1, -0.05) is 18.2 Å². The highest BCUT2D eigenvalue weighted by Gasteiger charge is 2.34. The Labute approximate surface area is 240 Å². The molecule has 3 aliphatic rings. The predicted octanol–water partition coefficient (Wildman–Crippen LogP) is 3.25. The Kier molecular flexibility index (Phi) is 8.45. The summed E-state index contributed by atoms with van der Waals surface area (Å²) in [6, 6.07) is 6.16. The summed E-state index contributed by atoms with van der Waals surface area (Å²) < 4.78 is 6.18. The summed E-state index contributed by atoms with van der Waals surface area (Å²) in [6.07, 6.45) is 3.77. The van der Waals surface area contributed by atoms with Crippen LogP contribution >= 0.6 is 11.6 Å². The topological polar surface area (TPSA) is 109 Å². The fraction of sp³-hybridized carbons (Fsp3) is 0.517. The van der Waals surface area contributed by atoms with Crippen molar-refractivity contribution in [1.82, 2.24) is 24.7 Å². The van der Waals surface area contributed by atoms with Crippen LogP contribution in [0.3, 0.4) is 0 Å². The van der Waals surface area contributed by atoms with Gasteiger partial charge in [-0.2, -0.15) is 15.2 Å². The molecule has 2 fully saturated rings. The van der Waals surface area contributed by atoms with Crippen molar-refractivity contribution in [3.63, 3.8) is 0 Å². The van der Waals surface area contributed by atoms with Crippen molar-refractivity contribution in [2.75, 3.05) is 44.7 Å². The largest absolute Gasteiger partial charge is 0.508 e. The average molecular weight is 566 g/mol. The van der Waals surface area contributed by atoms with Gasteiger partial charge in [0.1, 0.15) is 18.2 Å². The van der Waals surface area contributed by atoms with E-state index in [0.29, 0.717) is 63.0 Å². The fourth-order valence-electron chi connectivity index (χ4n) is 5.88. The number of piperazine rings is 1. The van der Waals surface area contributed by atoms with E-state index in [2.05, 4.69) is 34.4 Å². The molecule has 0 bridgehead atoms. The van der Waals surface area contributed by atoms with Gasteiger partial charge in [-0.25, -0.2) is 0 Å². The third-order valence-corrected chi connectivity index (χ3v) is 8.56. The predicted molar refractivity (Wildman–Crippen MR) is 152 cm³/mol. The molecule has 2 atom stereocenters. The number of hydrogen-bond donors (Lipinski definition) is 1. The molecular formula is C29H36ClN7O3. The molecule has 1 aromatic carbocycles. The lowest BCUT2D eigenvalue weighted by atomic mass is 10.1. The minimum Gasteiger partial charge on any atom is -0.508 e. The number of likely N-dealkylation sites (N-methyl/N-ethyl adjacent to an activating group) is 1. The number of benzene rings is 1. The summed E-state index contributed by atoms with van der Waals surface area (Å²) >= 11 is 6.52. The van der Waals surface area contributed by atoms with Crippen molar-refractivity contribution in [2.45, 2.75) is 57.9 Å². The maximum absolute atomic E-state index is 12.5. The van der Waals surface area contributed by atoms with Crippen molar-refractivity contribution < 1.29 is 14.6 Å². The van der Waals surface area contributed by atoms with Gasteiger partial charge in [-0.05, 0) is 62.7 Å². The Morgan fingerprint density at radius 2 is 2.10 bits per heavy atom. The second-order valence-electron chi connectivity index (χ2n) is 10.9. The van der Waals surface area contributed by atoms with Crippen LogP contribution in [-0.2, 0) is 24.4 Å². The summed E-state index contributed by atoms with van der Waals surface area (Å²) in [5.74, 6) is 0.843. The highest BCUT2D eigenvalue weighted by atomic mass is 35.5. The van der Waals surface area contributed by atoms with Crippen LogP contribution in [0, 0.1) is 18.3 Å². The number of fused-ring (bicyclic) bond motifs is 1. The molecule has 2 aromatic rings. The third kappa shape index (κ3) is 5.87. The van der Waals surface area contributed by atoms with E-state index in [0.717, 1.165) is 47.6 Å². The fourth-order valence-corrected chi connectivity index (χ4v) is 6.16. The summed E-state index contributed by atoms with van der Waals surface area (Å²) in [5.41, 5.74) is 3.49. The van der Waals surface area contributed by atoms with Crippen LogP contribution in [-0.4, -0.2) is 87.6 Å². The number of aromatic hydroxyl groups is 1. The molecule has 40 heavy (non-hydrogen) atoms. The maximum Gasteiger partial charge on any atom is 0.318 e. The van der Waals surface area contributed by atoms with Gasteiger partial charge in [0, 0.05) is 55.9 Å². The molecule has 10 nitrogen and oxygen atoms in total. The molecule has 1 amide bonds. The van der Waals surface area contributed by atoms with Crippen molar-refractivity contribution in [3.05, 3.63) is 52.2 Å². The average Bonchev–Trinajstić information content (AvgIpc) is 3.54. The lowest BCUT2D eigenvalue weighted by Crippen LogP contribution is -2.55. The number of aromatic nitrogens is 2. The van der Waals surface area contributed by atoms with E-state index in [9.17, 15) is 15.2 Å². The minimum absolute atomic E-state index is 0.165. The lowest BCUT2D eigenvalue weighted by Gasteiger charge is -2.41. The second kappa shape index (κ2) is 12.0. The lowest BCUT2D eigenvalue weighted by molar-refractivity contribution is -0.128. The molecule has 0 radical (unpaired) electrons. The summed E-state index contributed by atoms with van der Waals surface area (Å²) in [5, 5.41) is 20.3. The molecular weight excluding hydrogens is 530 g/mol. The number of hydrogen-bond acceptors (Lipinski definition) is 9.